The molecule has 5 heteroatoms. The van der Waals surface area contributed by atoms with Crippen LogP contribution in [0.4, 0.5) is 5.69 Å². The zero-order valence-electron chi connectivity index (χ0n) is 7.27. The summed E-state index contributed by atoms with van der Waals surface area (Å²) >= 11 is 0. The van der Waals surface area contributed by atoms with Crippen molar-refractivity contribution in [2.45, 2.75) is 0 Å². The van der Waals surface area contributed by atoms with Crippen LogP contribution in [0.15, 0.2) is 24.3 Å². The molecule has 0 atom stereocenters. The molecule has 1 aromatic rings. The van der Waals surface area contributed by atoms with Crippen LogP contribution in [-0.2, 0) is 9.53 Å². The summed E-state index contributed by atoms with van der Waals surface area (Å²) in [7, 11) is 0. The first-order chi connectivity index (χ1) is 6.61. The maximum atomic E-state index is 11.2. The molecule has 0 aromatic heterocycles. The van der Waals surface area contributed by atoms with E-state index in [0.29, 0.717) is 0 Å². The third-order valence-corrected chi connectivity index (χ3v) is 1.51. The molecule has 1 rings (SSSR count). The normalized spacial score (nSPS) is 9.43. The Morgan fingerprint density at radius 2 is 2.00 bits per heavy atom. The van der Waals surface area contributed by atoms with Gasteiger partial charge in [0, 0.05) is 5.69 Å². The number of hydrogen-bond donors (Lipinski definition) is 2. The van der Waals surface area contributed by atoms with Crippen molar-refractivity contribution in [2.75, 3.05) is 12.3 Å². The number of nitrogen functional groups attached to an aromatic ring is 1. The van der Waals surface area contributed by atoms with E-state index in [4.69, 9.17) is 10.8 Å². The molecule has 0 saturated heterocycles. The molecule has 0 aliphatic carbocycles. The van der Waals surface area contributed by atoms with Crippen LogP contribution >= 0.6 is 0 Å². The number of hydrogen-bond acceptors (Lipinski definition) is 4. The van der Waals surface area contributed by atoms with Crippen LogP contribution < -0.4 is 5.73 Å². The van der Waals surface area contributed by atoms with Crippen LogP contribution in [0.5, 0.6) is 0 Å². The Hall–Kier alpha value is -2.04. The number of esters is 1. The Labute approximate surface area is 80.1 Å². The Morgan fingerprint density at radius 1 is 1.36 bits per heavy atom. The number of carboxylic acids is 1. The van der Waals surface area contributed by atoms with Gasteiger partial charge in [0.15, 0.2) is 6.61 Å². The van der Waals surface area contributed by atoms with E-state index in [1.54, 1.807) is 12.1 Å². The fourth-order valence-corrected chi connectivity index (χ4v) is 0.888. The first-order valence-corrected chi connectivity index (χ1v) is 3.84. The minimum atomic E-state index is -1.20. The lowest BCUT2D eigenvalue weighted by atomic mass is 10.2. The lowest BCUT2D eigenvalue weighted by molar-refractivity contribution is -0.140. The quantitative estimate of drug-likeness (QED) is 0.541. The number of aliphatic carboxylic acids is 1. The van der Waals surface area contributed by atoms with Gasteiger partial charge in [-0.15, -0.1) is 0 Å². The molecule has 0 radical (unpaired) electrons. The van der Waals surface area contributed by atoms with Crippen LogP contribution in [0.3, 0.4) is 0 Å². The highest BCUT2D eigenvalue weighted by atomic mass is 16.5. The fraction of sp³-hybridized carbons (Fsp3) is 0.111. The second-order valence-electron chi connectivity index (χ2n) is 2.56. The molecule has 5 nitrogen and oxygen atoms in total. The van der Waals surface area contributed by atoms with E-state index in [9.17, 15) is 9.59 Å². The predicted molar refractivity (Wildman–Crippen MR) is 48.8 cm³/mol. The van der Waals surface area contributed by atoms with Gasteiger partial charge in [-0.25, -0.2) is 9.59 Å². The molecule has 3 N–H and O–H groups in total. The summed E-state index contributed by atoms with van der Waals surface area (Å²) in [6.45, 7) is -0.660. The third kappa shape index (κ3) is 2.48. The standard InChI is InChI=1S/C9H9NO4/c10-7-4-2-1-3-6(7)9(13)14-5-8(11)12/h1-4H,5,10H2,(H,11,12). The monoisotopic (exact) mass is 195 g/mol. The molecular formula is C9H9NO4. The Kier molecular flexibility index (Phi) is 3.06. The van der Waals surface area contributed by atoms with Crippen LogP contribution in [0, 0.1) is 0 Å². The smallest absolute Gasteiger partial charge is 0.341 e. The second kappa shape index (κ2) is 4.27. The largest absolute Gasteiger partial charge is 0.479 e. The van der Waals surface area contributed by atoms with E-state index in [0.717, 1.165) is 0 Å². The molecule has 74 valence electrons. The first-order valence-electron chi connectivity index (χ1n) is 3.84. The van der Waals surface area contributed by atoms with Gasteiger partial charge in [-0.1, -0.05) is 12.1 Å². The molecule has 0 aliphatic heterocycles. The van der Waals surface area contributed by atoms with Crippen molar-refractivity contribution in [1.29, 1.82) is 0 Å². The van der Waals surface area contributed by atoms with Gasteiger partial charge in [0.05, 0.1) is 5.56 Å². The van der Waals surface area contributed by atoms with Gasteiger partial charge in [-0.05, 0) is 12.1 Å². The summed E-state index contributed by atoms with van der Waals surface area (Å²) in [5.74, 6) is -1.93. The first kappa shape index (κ1) is 10.0. The van der Waals surface area contributed by atoms with Crippen molar-refractivity contribution in [2.24, 2.45) is 0 Å². The molecule has 1 aromatic carbocycles. The number of nitrogens with two attached hydrogens (primary N) is 1. The van der Waals surface area contributed by atoms with E-state index < -0.39 is 18.5 Å². The zero-order chi connectivity index (χ0) is 10.6. The maximum Gasteiger partial charge on any atom is 0.341 e. The van der Waals surface area contributed by atoms with Gasteiger partial charge < -0.3 is 15.6 Å². The van der Waals surface area contributed by atoms with Gasteiger partial charge in [-0.3, -0.25) is 0 Å². The molecule has 0 bridgehead atoms. The average molecular weight is 195 g/mol. The summed E-state index contributed by atoms with van der Waals surface area (Å²) in [6, 6.07) is 6.30. The zero-order valence-corrected chi connectivity index (χ0v) is 7.27. The van der Waals surface area contributed by atoms with Crippen LogP contribution in [0.1, 0.15) is 10.4 Å². The van der Waals surface area contributed by atoms with Crippen molar-refractivity contribution in [3.8, 4) is 0 Å². The van der Waals surface area contributed by atoms with E-state index in [-0.39, 0.29) is 11.3 Å². The van der Waals surface area contributed by atoms with Gasteiger partial charge >= 0.3 is 11.9 Å². The van der Waals surface area contributed by atoms with Crippen LogP contribution in [0.2, 0.25) is 0 Å². The van der Waals surface area contributed by atoms with Crippen molar-refractivity contribution >= 4 is 17.6 Å². The van der Waals surface area contributed by atoms with Gasteiger partial charge in [0.25, 0.3) is 0 Å². The summed E-state index contributed by atoms with van der Waals surface area (Å²) in [4.78, 5) is 21.3. The summed E-state index contributed by atoms with van der Waals surface area (Å²) < 4.78 is 4.45. The average Bonchev–Trinajstić information content (AvgIpc) is 2.15. The van der Waals surface area contributed by atoms with E-state index in [1.807, 2.05) is 0 Å². The Bertz CT molecular complexity index is 362. The number of benzene rings is 1. The van der Waals surface area contributed by atoms with Gasteiger partial charge in [-0.2, -0.15) is 0 Å². The Morgan fingerprint density at radius 3 is 2.57 bits per heavy atom. The summed E-state index contributed by atoms with van der Waals surface area (Å²) in [6.07, 6.45) is 0. The number of para-hydroxylation sites is 1. The maximum absolute atomic E-state index is 11.2. The number of carbonyl (C=O) groups excluding carboxylic acids is 1. The fourth-order valence-electron chi connectivity index (χ4n) is 0.888. The topological polar surface area (TPSA) is 89.6 Å². The highest BCUT2D eigenvalue weighted by molar-refractivity contribution is 5.95. The van der Waals surface area contributed by atoms with E-state index in [1.165, 1.54) is 12.1 Å². The minimum Gasteiger partial charge on any atom is -0.479 e. The lowest BCUT2D eigenvalue weighted by Crippen LogP contribution is -2.14. The van der Waals surface area contributed by atoms with Crippen LogP contribution in [-0.4, -0.2) is 23.7 Å². The SMILES string of the molecule is Nc1ccccc1C(=O)OCC(=O)O. The minimum absolute atomic E-state index is 0.175. The van der Waals surface area contributed by atoms with Crippen molar-refractivity contribution in [1.82, 2.24) is 0 Å². The molecule has 0 spiro atoms. The van der Waals surface area contributed by atoms with Crippen LogP contribution in [0.25, 0.3) is 0 Å². The number of rotatable bonds is 3. The summed E-state index contributed by atoms with van der Waals surface area (Å²) in [5, 5.41) is 8.27. The number of anilines is 1. The van der Waals surface area contributed by atoms with Crippen molar-refractivity contribution in [3.05, 3.63) is 29.8 Å². The molecule has 0 unspecified atom stereocenters. The van der Waals surface area contributed by atoms with Gasteiger partial charge in [0.2, 0.25) is 0 Å². The molecule has 0 aliphatic rings. The van der Waals surface area contributed by atoms with Crippen molar-refractivity contribution in [3.63, 3.8) is 0 Å². The summed E-state index contributed by atoms with van der Waals surface area (Å²) in [5.41, 5.74) is 5.92. The highest BCUT2D eigenvalue weighted by Crippen LogP contribution is 2.11. The molecule has 14 heavy (non-hydrogen) atoms. The molecule has 0 amide bonds. The molecule has 0 heterocycles. The predicted octanol–water partition coefficient (Wildman–Crippen LogP) is 0.510. The Balaban J connectivity index is 2.70. The van der Waals surface area contributed by atoms with Gasteiger partial charge in [0.1, 0.15) is 0 Å². The lowest BCUT2D eigenvalue weighted by Gasteiger charge is -2.03. The number of carbonyl (C=O) groups is 2. The van der Waals surface area contributed by atoms with Crippen molar-refractivity contribution < 1.29 is 19.4 Å². The molecule has 0 fully saturated rings. The molecular weight excluding hydrogens is 186 g/mol. The van der Waals surface area contributed by atoms with E-state index in [2.05, 4.69) is 4.74 Å². The molecule has 0 saturated carbocycles. The number of carboxylic acid groups (broad SMARTS) is 1. The second-order valence-corrected chi connectivity index (χ2v) is 2.56. The third-order valence-electron chi connectivity index (χ3n) is 1.51. The van der Waals surface area contributed by atoms with E-state index >= 15 is 0 Å². The highest BCUT2D eigenvalue weighted by Gasteiger charge is 2.11. The number of ether oxygens (including phenoxy) is 1.